The number of nitrogens with zero attached hydrogens (tertiary/aromatic N) is 1. The minimum Gasteiger partial charge on any atom is -0.497 e. The first kappa shape index (κ1) is 18.0. The monoisotopic (exact) mass is 355 g/mol. The Bertz CT molecular complexity index is 746. The number of anilines is 1. The Labute approximate surface area is 153 Å². The van der Waals surface area contributed by atoms with Crippen molar-refractivity contribution in [3.8, 4) is 11.5 Å². The van der Waals surface area contributed by atoms with E-state index >= 15 is 0 Å². The molecule has 0 bridgehead atoms. The number of nitrogens with one attached hydrogen (secondary N) is 2. The van der Waals surface area contributed by atoms with Gasteiger partial charge in [0.2, 0.25) is 5.91 Å². The Balaban J connectivity index is 1.40. The van der Waals surface area contributed by atoms with Gasteiger partial charge in [-0.15, -0.1) is 0 Å². The van der Waals surface area contributed by atoms with Crippen molar-refractivity contribution in [1.82, 2.24) is 10.3 Å². The summed E-state index contributed by atoms with van der Waals surface area (Å²) in [6.07, 6.45) is 3.34. The van der Waals surface area contributed by atoms with Crippen molar-refractivity contribution in [2.24, 2.45) is 5.92 Å². The standard InChI is InChI=1S/C20H25N3O3/c1-14-4-7-19(23-12-14)21-8-3-9-22-20(24)16-10-15-11-17(25-2)5-6-18(15)26-13-16/h4-7,11-12,16H,3,8-10,13H2,1-2H3,(H,21,23)(H,22,24)/t16-/m1/s1. The largest absolute Gasteiger partial charge is 0.497 e. The number of hydrogen-bond donors (Lipinski definition) is 2. The number of fused-ring (bicyclic) bond motifs is 1. The van der Waals surface area contributed by atoms with Crippen molar-refractivity contribution in [3.63, 3.8) is 0 Å². The summed E-state index contributed by atoms with van der Waals surface area (Å²) in [6, 6.07) is 9.68. The van der Waals surface area contributed by atoms with Crippen LogP contribution in [-0.4, -0.2) is 37.7 Å². The predicted octanol–water partition coefficient (Wildman–Crippen LogP) is 2.57. The molecule has 3 rings (SSSR count). The highest BCUT2D eigenvalue weighted by atomic mass is 16.5. The molecule has 2 aromatic rings. The molecule has 1 aromatic carbocycles. The quantitative estimate of drug-likeness (QED) is 0.747. The van der Waals surface area contributed by atoms with E-state index in [1.807, 2.05) is 43.5 Å². The van der Waals surface area contributed by atoms with E-state index in [4.69, 9.17) is 9.47 Å². The molecule has 0 aliphatic carbocycles. The molecule has 0 fully saturated rings. The molecule has 6 heteroatoms. The highest BCUT2D eigenvalue weighted by Crippen LogP contribution is 2.30. The lowest BCUT2D eigenvalue weighted by Crippen LogP contribution is -2.38. The van der Waals surface area contributed by atoms with Crippen molar-refractivity contribution in [3.05, 3.63) is 47.7 Å². The SMILES string of the molecule is COc1ccc2c(c1)C[C@@H](C(=O)NCCCNc1ccc(C)cn1)CO2. The summed E-state index contributed by atoms with van der Waals surface area (Å²) in [6.45, 7) is 3.81. The molecule has 1 amide bonds. The number of aryl methyl sites for hydroxylation is 1. The van der Waals surface area contributed by atoms with Crippen molar-refractivity contribution in [2.75, 3.05) is 32.1 Å². The van der Waals surface area contributed by atoms with Crippen LogP contribution in [0.25, 0.3) is 0 Å². The fourth-order valence-corrected chi connectivity index (χ4v) is 2.90. The number of amides is 1. The number of ether oxygens (including phenoxy) is 2. The van der Waals surface area contributed by atoms with Crippen LogP contribution in [-0.2, 0) is 11.2 Å². The Morgan fingerprint density at radius 3 is 2.96 bits per heavy atom. The molecule has 2 heterocycles. The molecule has 138 valence electrons. The van der Waals surface area contributed by atoms with E-state index in [9.17, 15) is 4.79 Å². The minimum atomic E-state index is -0.165. The summed E-state index contributed by atoms with van der Waals surface area (Å²) in [5.74, 6) is 2.34. The summed E-state index contributed by atoms with van der Waals surface area (Å²) < 4.78 is 11.0. The van der Waals surface area contributed by atoms with Crippen LogP contribution in [0.4, 0.5) is 5.82 Å². The number of benzene rings is 1. The van der Waals surface area contributed by atoms with Gasteiger partial charge in [0, 0.05) is 19.3 Å². The third kappa shape index (κ3) is 4.65. The molecule has 0 spiro atoms. The van der Waals surface area contributed by atoms with Gasteiger partial charge in [0.1, 0.15) is 23.9 Å². The van der Waals surface area contributed by atoms with Crippen LogP contribution in [0.2, 0.25) is 0 Å². The lowest BCUT2D eigenvalue weighted by Gasteiger charge is -2.25. The fourth-order valence-electron chi connectivity index (χ4n) is 2.90. The van der Waals surface area contributed by atoms with Gasteiger partial charge in [0.25, 0.3) is 0 Å². The zero-order valence-corrected chi connectivity index (χ0v) is 15.2. The Kier molecular flexibility index (Phi) is 5.94. The molecule has 2 N–H and O–H groups in total. The highest BCUT2D eigenvalue weighted by molar-refractivity contribution is 5.79. The second kappa shape index (κ2) is 8.56. The number of methoxy groups -OCH3 is 1. The van der Waals surface area contributed by atoms with Crippen LogP contribution in [0, 0.1) is 12.8 Å². The van der Waals surface area contributed by atoms with Crippen LogP contribution in [0.5, 0.6) is 11.5 Å². The zero-order chi connectivity index (χ0) is 18.4. The van der Waals surface area contributed by atoms with Gasteiger partial charge in [-0.05, 0) is 55.2 Å². The summed E-state index contributed by atoms with van der Waals surface area (Å²) in [4.78, 5) is 16.7. The summed E-state index contributed by atoms with van der Waals surface area (Å²) in [7, 11) is 1.63. The molecule has 1 atom stereocenters. The molecule has 1 aliphatic heterocycles. The van der Waals surface area contributed by atoms with Crippen LogP contribution >= 0.6 is 0 Å². The second-order valence-electron chi connectivity index (χ2n) is 6.48. The van der Waals surface area contributed by atoms with Crippen molar-refractivity contribution in [1.29, 1.82) is 0 Å². The van der Waals surface area contributed by atoms with E-state index in [0.29, 0.717) is 19.6 Å². The van der Waals surface area contributed by atoms with Crippen LogP contribution in [0.15, 0.2) is 36.5 Å². The van der Waals surface area contributed by atoms with E-state index in [1.165, 1.54) is 0 Å². The van der Waals surface area contributed by atoms with Crippen molar-refractivity contribution < 1.29 is 14.3 Å². The maximum absolute atomic E-state index is 12.4. The van der Waals surface area contributed by atoms with Crippen LogP contribution in [0.3, 0.4) is 0 Å². The van der Waals surface area contributed by atoms with Gasteiger partial charge in [0.05, 0.1) is 13.0 Å². The number of aromatic nitrogens is 1. The van der Waals surface area contributed by atoms with E-state index < -0.39 is 0 Å². The Morgan fingerprint density at radius 2 is 2.19 bits per heavy atom. The number of carbonyl (C=O) groups is 1. The molecule has 26 heavy (non-hydrogen) atoms. The van der Waals surface area contributed by atoms with Gasteiger partial charge >= 0.3 is 0 Å². The van der Waals surface area contributed by atoms with Gasteiger partial charge in [-0.1, -0.05) is 6.07 Å². The lowest BCUT2D eigenvalue weighted by atomic mass is 9.96. The molecular weight excluding hydrogens is 330 g/mol. The minimum absolute atomic E-state index is 0.0342. The summed E-state index contributed by atoms with van der Waals surface area (Å²) in [5.41, 5.74) is 2.15. The maximum Gasteiger partial charge on any atom is 0.226 e. The first-order valence-corrected chi connectivity index (χ1v) is 8.89. The van der Waals surface area contributed by atoms with Gasteiger partial charge in [-0.25, -0.2) is 4.98 Å². The van der Waals surface area contributed by atoms with Gasteiger partial charge in [0.15, 0.2) is 0 Å². The molecule has 0 saturated carbocycles. The van der Waals surface area contributed by atoms with E-state index in [-0.39, 0.29) is 11.8 Å². The zero-order valence-electron chi connectivity index (χ0n) is 15.2. The fraction of sp³-hybridized carbons (Fsp3) is 0.400. The molecule has 0 unspecified atom stereocenters. The normalized spacial score (nSPS) is 15.5. The summed E-state index contributed by atoms with van der Waals surface area (Å²) >= 11 is 0. The molecule has 6 nitrogen and oxygen atoms in total. The van der Waals surface area contributed by atoms with Crippen LogP contribution < -0.4 is 20.1 Å². The smallest absolute Gasteiger partial charge is 0.226 e. The van der Waals surface area contributed by atoms with Gasteiger partial charge in [-0.2, -0.15) is 0 Å². The van der Waals surface area contributed by atoms with E-state index in [0.717, 1.165) is 41.4 Å². The molecule has 1 aliphatic rings. The van der Waals surface area contributed by atoms with E-state index in [2.05, 4.69) is 15.6 Å². The van der Waals surface area contributed by atoms with Gasteiger partial charge in [-0.3, -0.25) is 4.79 Å². The summed E-state index contributed by atoms with van der Waals surface area (Å²) in [5, 5.41) is 6.25. The highest BCUT2D eigenvalue weighted by Gasteiger charge is 2.26. The van der Waals surface area contributed by atoms with Crippen molar-refractivity contribution >= 4 is 11.7 Å². The molecular formula is C20H25N3O3. The second-order valence-corrected chi connectivity index (χ2v) is 6.48. The molecule has 1 aromatic heterocycles. The molecule has 0 radical (unpaired) electrons. The average Bonchev–Trinajstić information content (AvgIpc) is 2.68. The average molecular weight is 355 g/mol. The number of hydrogen-bond acceptors (Lipinski definition) is 5. The first-order chi connectivity index (χ1) is 12.7. The topological polar surface area (TPSA) is 72.5 Å². The van der Waals surface area contributed by atoms with E-state index in [1.54, 1.807) is 7.11 Å². The predicted molar refractivity (Wildman–Crippen MR) is 101 cm³/mol. The van der Waals surface area contributed by atoms with Crippen LogP contribution in [0.1, 0.15) is 17.5 Å². The van der Waals surface area contributed by atoms with Crippen molar-refractivity contribution in [2.45, 2.75) is 19.8 Å². The third-order valence-electron chi connectivity index (χ3n) is 4.42. The number of pyridine rings is 1. The Hall–Kier alpha value is -2.76. The number of carbonyl (C=O) groups excluding carboxylic acids is 1. The molecule has 0 saturated heterocycles. The number of rotatable bonds is 7. The first-order valence-electron chi connectivity index (χ1n) is 8.89. The Morgan fingerprint density at radius 1 is 1.31 bits per heavy atom. The van der Waals surface area contributed by atoms with Gasteiger partial charge < -0.3 is 20.1 Å². The lowest BCUT2D eigenvalue weighted by molar-refractivity contribution is -0.126. The third-order valence-corrected chi connectivity index (χ3v) is 4.42. The maximum atomic E-state index is 12.4.